The number of methoxy groups -OCH3 is 2. The maximum Gasteiger partial charge on any atom is 0.367 e. The topological polar surface area (TPSA) is 64.6 Å². The van der Waals surface area contributed by atoms with Crippen LogP contribution in [0.4, 0.5) is 0 Å². The Balaban J connectivity index is 1.78. The van der Waals surface area contributed by atoms with Crippen LogP contribution in [0.2, 0.25) is 0 Å². The molecule has 0 spiro atoms. The first kappa shape index (κ1) is 26.5. The number of hydrogen-bond donors (Lipinski definition) is 0. The molecule has 0 bridgehead atoms. The van der Waals surface area contributed by atoms with E-state index in [0.29, 0.717) is 11.5 Å². The van der Waals surface area contributed by atoms with Gasteiger partial charge in [0.05, 0.1) is 0 Å². The van der Waals surface area contributed by atoms with E-state index < -0.39 is 23.1 Å². The molecule has 4 unspecified atom stereocenters. The Labute approximate surface area is 218 Å². The first-order valence-electron chi connectivity index (χ1n) is 12.0. The van der Waals surface area contributed by atoms with Crippen molar-refractivity contribution in [2.75, 3.05) is 14.2 Å². The summed E-state index contributed by atoms with van der Waals surface area (Å²) in [4.78, 5) is 0. The van der Waals surface area contributed by atoms with Crippen LogP contribution in [0.5, 0.6) is 0 Å². The molecule has 4 atom stereocenters. The summed E-state index contributed by atoms with van der Waals surface area (Å²) in [5, 5.41) is 0. The molecule has 0 N–H and O–H groups in total. The highest BCUT2D eigenvalue weighted by Crippen LogP contribution is 2.47. The van der Waals surface area contributed by atoms with Crippen LogP contribution in [0.15, 0.2) is 110 Å². The average molecular weight is 507 g/mol. The minimum Gasteiger partial charge on any atom is -0.435 e. The van der Waals surface area contributed by atoms with Gasteiger partial charge in [-0.05, 0) is 11.1 Å². The molecular formula is C30H34O7. The van der Waals surface area contributed by atoms with Crippen LogP contribution in [0.3, 0.4) is 0 Å². The molecule has 0 aromatic heterocycles. The van der Waals surface area contributed by atoms with Gasteiger partial charge in [0, 0.05) is 40.9 Å². The van der Waals surface area contributed by atoms with Crippen molar-refractivity contribution in [2.24, 2.45) is 0 Å². The summed E-state index contributed by atoms with van der Waals surface area (Å²) < 4.78 is 41.1. The zero-order valence-electron chi connectivity index (χ0n) is 21.8. The quantitative estimate of drug-likeness (QED) is 0.310. The molecule has 4 rings (SSSR count). The van der Waals surface area contributed by atoms with E-state index in [-0.39, 0.29) is 12.8 Å². The highest BCUT2D eigenvalue weighted by molar-refractivity contribution is 5.34. The highest BCUT2D eigenvalue weighted by Gasteiger charge is 2.47. The zero-order valence-corrected chi connectivity index (χ0v) is 21.8. The predicted octanol–water partition coefficient (Wildman–Crippen LogP) is 6.36. The number of hydrogen-bond acceptors (Lipinski definition) is 7. The van der Waals surface area contributed by atoms with Gasteiger partial charge in [-0.25, -0.2) is 0 Å². The summed E-state index contributed by atoms with van der Waals surface area (Å²) in [7, 11) is 3.04. The lowest BCUT2D eigenvalue weighted by molar-refractivity contribution is -0.303. The van der Waals surface area contributed by atoms with Gasteiger partial charge in [-0.1, -0.05) is 86.0 Å². The number of benzene rings is 2. The van der Waals surface area contributed by atoms with Crippen molar-refractivity contribution in [3.63, 3.8) is 0 Å². The van der Waals surface area contributed by atoms with E-state index in [1.807, 2.05) is 60.7 Å². The molecule has 2 aliphatic rings. The van der Waals surface area contributed by atoms with Crippen molar-refractivity contribution in [1.82, 2.24) is 0 Å². The third-order valence-electron chi connectivity index (χ3n) is 6.61. The molecule has 0 saturated heterocycles. The molecule has 0 amide bonds. The molecule has 196 valence electrons. The predicted molar refractivity (Wildman–Crippen MR) is 138 cm³/mol. The summed E-state index contributed by atoms with van der Waals surface area (Å²) in [6.07, 6.45) is 7.22. The maximum atomic E-state index is 7.15. The third-order valence-corrected chi connectivity index (χ3v) is 6.61. The fourth-order valence-corrected chi connectivity index (χ4v) is 4.39. The second-order valence-electron chi connectivity index (χ2n) is 9.12. The van der Waals surface area contributed by atoms with Crippen molar-refractivity contribution in [1.29, 1.82) is 0 Å². The fraction of sp³-hybridized carbons (Fsp3) is 0.333. The lowest BCUT2D eigenvalue weighted by atomic mass is 9.84. The van der Waals surface area contributed by atoms with Gasteiger partial charge in [0.25, 0.3) is 0 Å². The Bertz CT molecular complexity index is 1070. The molecule has 0 saturated carbocycles. The Morgan fingerprint density at radius 2 is 1.08 bits per heavy atom. The monoisotopic (exact) mass is 506 g/mol. The minimum atomic E-state index is -1.21. The van der Waals surface area contributed by atoms with Gasteiger partial charge in [-0.15, -0.1) is 0 Å². The zero-order chi connectivity index (χ0) is 26.6. The van der Waals surface area contributed by atoms with Crippen molar-refractivity contribution >= 4 is 0 Å². The van der Waals surface area contributed by atoms with E-state index in [2.05, 4.69) is 13.2 Å². The molecule has 0 fully saturated rings. The largest absolute Gasteiger partial charge is 0.435 e. The van der Waals surface area contributed by atoms with Crippen LogP contribution >= 0.6 is 0 Å². The lowest BCUT2D eigenvalue weighted by Gasteiger charge is -2.42. The summed E-state index contributed by atoms with van der Waals surface area (Å²) in [6.45, 7) is 11.8. The van der Waals surface area contributed by atoms with Crippen LogP contribution in [-0.2, 0) is 44.4 Å². The molecule has 0 aliphatic carbocycles. The Kier molecular flexibility index (Phi) is 7.50. The van der Waals surface area contributed by atoms with Crippen molar-refractivity contribution < 1.29 is 33.2 Å². The van der Waals surface area contributed by atoms with Crippen LogP contribution in [-0.4, -0.2) is 26.2 Å². The second kappa shape index (κ2) is 10.5. The van der Waals surface area contributed by atoms with Gasteiger partial charge >= 0.3 is 11.9 Å². The van der Waals surface area contributed by atoms with Crippen molar-refractivity contribution in [3.8, 4) is 0 Å². The standard InChI is InChI=1S/C30H34O7/c1-7-29(23-15-11-9-12-16-23,19-25-21-33-27(3,31-5)35-25)37-30(8-2,24-17-13-10-14-18-24)20-26-22-34-28(4,32-6)36-26/h7-18,21-22H,1-2,19-20H2,3-6H3. The minimum absolute atomic E-state index is 0.286. The van der Waals surface area contributed by atoms with Gasteiger partial charge in [0.15, 0.2) is 0 Å². The molecule has 2 aromatic carbocycles. The number of rotatable bonds is 12. The molecule has 7 nitrogen and oxygen atoms in total. The maximum absolute atomic E-state index is 7.15. The molecule has 2 aromatic rings. The van der Waals surface area contributed by atoms with E-state index in [1.54, 1.807) is 38.5 Å². The van der Waals surface area contributed by atoms with Crippen LogP contribution in [0.1, 0.15) is 37.8 Å². The lowest BCUT2D eigenvalue weighted by Crippen LogP contribution is -2.40. The Morgan fingerprint density at radius 1 is 0.703 bits per heavy atom. The van der Waals surface area contributed by atoms with E-state index in [4.69, 9.17) is 33.2 Å². The summed E-state index contributed by atoms with van der Waals surface area (Å²) in [6, 6.07) is 19.7. The fourth-order valence-electron chi connectivity index (χ4n) is 4.39. The van der Waals surface area contributed by atoms with Crippen LogP contribution in [0, 0.1) is 0 Å². The third kappa shape index (κ3) is 5.44. The molecule has 7 heteroatoms. The second-order valence-corrected chi connectivity index (χ2v) is 9.12. The Hall–Kier alpha value is -3.52. The summed E-state index contributed by atoms with van der Waals surface area (Å²) in [5.74, 6) is -1.33. The molecule has 0 radical (unpaired) electrons. The highest BCUT2D eigenvalue weighted by atomic mass is 16.9. The van der Waals surface area contributed by atoms with E-state index >= 15 is 0 Å². The Morgan fingerprint density at radius 3 is 1.38 bits per heavy atom. The molecule has 2 heterocycles. The first-order chi connectivity index (χ1) is 17.7. The summed E-state index contributed by atoms with van der Waals surface area (Å²) >= 11 is 0. The van der Waals surface area contributed by atoms with Crippen LogP contribution in [0.25, 0.3) is 0 Å². The molecule has 37 heavy (non-hydrogen) atoms. The SMILES string of the molecule is C=CC(CC1=COC(C)(OC)O1)(OC(C=C)(CC1=COC(C)(OC)O1)c1ccccc1)c1ccccc1. The smallest absolute Gasteiger partial charge is 0.367 e. The van der Waals surface area contributed by atoms with Gasteiger partial charge in [0.2, 0.25) is 0 Å². The van der Waals surface area contributed by atoms with E-state index in [1.165, 1.54) is 14.2 Å². The van der Waals surface area contributed by atoms with E-state index in [9.17, 15) is 0 Å². The van der Waals surface area contributed by atoms with Gasteiger partial charge < -0.3 is 33.2 Å². The normalized spacial score (nSPS) is 25.7. The summed E-state index contributed by atoms with van der Waals surface area (Å²) in [5.41, 5.74) is -0.349. The first-order valence-corrected chi connectivity index (χ1v) is 12.0. The van der Waals surface area contributed by atoms with E-state index in [0.717, 1.165) is 11.1 Å². The number of ether oxygens (including phenoxy) is 7. The van der Waals surface area contributed by atoms with Gasteiger partial charge in [0.1, 0.15) is 35.2 Å². The molecule has 2 aliphatic heterocycles. The van der Waals surface area contributed by atoms with Gasteiger partial charge in [-0.2, -0.15) is 0 Å². The van der Waals surface area contributed by atoms with Crippen LogP contribution < -0.4 is 0 Å². The van der Waals surface area contributed by atoms with Gasteiger partial charge in [-0.3, -0.25) is 0 Å². The molecular weight excluding hydrogens is 472 g/mol. The van der Waals surface area contributed by atoms with Crippen molar-refractivity contribution in [3.05, 3.63) is 121 Å². The van der Waals surface area contributed by atoms with Crippen molar-refractivity contribution in [2.45, 2.75) is 49.8 Å². The average Bonchev–Trinajstić information content (AvgIpc) is 3.51.